The smallest absolute Gasteiger partial charge is 0.332 e. The molecule has 0 aliphatic heterocycles. The quantitative estimate of drug-likeness (QED) is 0.357. The topological polar surface area (TPSA) is 168 Å². The highest BCUT2D eigenvalue weighted by molar-refractivity contribution is 5.90. The summed E-state index contributed by atoms with van der Waals surface area (Å²) in [5.74, 6) is 4.20. The number of nitrogens with one attached hydrogen (secondary N) is 1. The van der Waals surface area contributed by atoms with Gasteiger partial charge in [0.15, 0.2) is 0 Å². The predicted molar refractivity (Wildman–Crippen MR) is 62.1 cm³/mol. The largest absolute Gasteiger partial charge is 0.364 e. The maximum absolute atomic E-state index is 10.9. The molecule has 0 aromatic carbocycles. The first-order valence-corrected chi connectivity index (χ1v) is 4.87. The van der Waals surface area contributed by atoms with E-state index < -0.39 is 16.5 Å². The third-order valence-corrected chi connectivity index (χ3v) is 2.13. The number of hydrogen-bond acceptors (Lipinski definition) is 8. The summed E-state index contributed by atoms with van der Waals surface area (Å²) in [4.78, 5) is 28.6. The Morgan fingerprint density at radius 1 is 1.53 bits per heavy atom. The third-order valence-electron chi connectivity index (χ3n) is 2.13. The van der Waals surface area contributed by atoms with Gasteiger partial charge in [-0.15, -0.1) is 0 Å². The summed E-state index contributed by atoms with van der Waals surface area (Å²) in [7, 11) is 0. The van der Waals surface area contributed by atoms with E-state index >= 15 is 0 Å². The van der Waals surface area contributed by atoms with E-state index in [1.807, 2.05) is 0 Å². The van der Waals surface area contributed by atoms with Crippen molar-refractivity contribution in [3.05, 3.63) is 34.3 Å². The molecule has 2 heterocycles. The average Bonchev–Trinajstić information content (AvgIpc) is 2.87. The van der Waals surface area contributed by atoms with Crippen LogP contribution in [0, 0.1) is 10.1 Å². The molecule has 11 nitrogen and oxygen atoms in total. The van der Waals surface area contributed by atoms with Gasteiger partial charge in [0.1, 0.15) is 11.9 Å². The van der Waals surface area contributed by atoms with E-state index in [0.29, 0.717) is 0 Å². The lowest BCUT2D eigenvalue weighted by atomic mass is 10.4. The van der Waals surface area contributed by atoms with Crippen LogP contribution < -0.4 is 17.0 Å². The summed E-state index contributed by atoms with van der Waals surface area (Å²) in [6, 6.07) is 1.31. The highest BCUT2D eigenvalue weighted by atomic mass is 16.6. The summed E-state index contributed by atoms with van der Waals surface area (Å²) >= 11 is 0. The molecule has 0 unspecified atom stereocenters. The number of carbonyl (C=O) groups excluding carboxylic acids is 1. The van der Waals surface area contributed by atoms with Crippen LogP contribution in [0.2, 0.25) is 0 Å². The van der Waals surface area contributed by atoms with E-state index in [9.17, 15) is 14.9 Å². The second-order valence-corrected chi connectivity index (χ2v) is 3.31. The van der Waals surface area contributed by atoms with Gasteiger partial charge in [0.2, 0.25) is 11.8 Å². The molecule has 0 spiro atoms. The van der Waals surface area contributed by atoms with Crippen LogP contribution in [0.25, 0.3) is 5.82 Å². The maximum atomic E-state index is 10.9. The van der Waals surface area contributed by atoms with Crippen molar-refractivity contribution in [2.45, 2.75) is 0 Å². The molecular formula is C8H8N8O3. The molecule has 0 fully saturated rings. The zero-order valence-corrected chi connectivity index (χ0v) is 9.35. The number of primary amides is 1. The Kier molecular flexibility index (Phi) is 3.03. The van der Waals surface area contributed by atoms with E-state index in [0.717, 1.165) is 10.9 Å². The molecule has 11 heteroatoms. The molecule has 2 aromatic rings. The van der Waals surface area contributed by atoms with Crippen molar-refractivity contribution in [2.75, 3.05) is 5.43 Å². The second-order valence-electron chi connectivity index (χ2n) is 3.31. The van der Waals surface area contributed by atoms with Crippen molar-refractivity contribution in [3.63, 3.8) is 0 Å². The molecule has 0 aliphatic rings. The molecule has 2 rings (SSSR count). The lowest BCUT2D eigenvalue weighted by Crippen LogP contribution is -2.15. The van der Waals surface area contributed by atoms with Gasteiger partial charge >= 0.3 is 5.69 Å². The third kappa shape index (κ3) is 2.30. The fraction of sp³-hybridized carbons (Fsp3) is 0. The van der Waals surface area contributed by atoms with Gasteiger partial charge in [0, 0.05) is 6.20 Å². The van der Waals surface area contributed by atoms with Crippen LogP contribution in [-0.4, -0.2) is 30.6 Å². The highest BCUT2D eigenvalue weighted by Crippen LogP contribution is 2.20. The van der Waals surface area contributed by atoms with E-state index in [1.165, 1.54) is 12.3 Å². The van der Waals surface area contributed by atoms with Gasteiger partial charge < -0.3 is 5.73 Å². The van der Waals surface area contributed by atoms with Gasteiger partial charge in [-0.1, -0.05) is 0 Å². The number of anilines is 1. The summed E-state index contributed by atoms with van der Waals surface area (Å²) in [6.07, 6.45) is 2.29. The van der Waals surface area contributed by atoms with Crippen LogP contribution in [0.15, 0.2) is 18.5 Å². The molecule has 0 bridgehead atoms. The number of rotatable bonds is 4. The minimum Gasteiger partial charge on any atom is -0.364 e. The molecule has 2 aromatic heterocycles. The first-order chi connectivity index (χ1) is 9.02. The van der Waals surface area contributed by atoms with Gasteiger partial charge in [0.25, 0.3) is 5.91 Å². The fourth-order valence-corrected chi connectivity index (χ4v) is 1.31. The van der Waals surface area contributed by atoms with Gasteiger partial charge in [-0.05, 0) is 6.07 Å². The molecule has 1 amide bonds. The number of aromatic nitrogens is 4. The molecule has 5 N–H and O–H groups in total. The average molecular weight is 264 g/mol. The summed E-state index contributed by atoms with van der Waals surface area (Å²) in [6.45, 7) is 0. The Labute approximate surface area is 105 Å². The minimum absolute atomic E-state index is 0.0308. The minimum atomic E-state index is -0.757. The van der Waals surface area contributed by atoms with Crippen molar-refractivity contribution in [1.29, 1.82) is 0 Å². The first-order valence-electron chi connectivity index (χ1n) is 4.87. The fourth-order valence-electron chi connectivity index (χ4n) is 1.31. The van der Waals surface area contributed by atoms with Crippen molar-refractivity contribution in [1.82, 2.24) is 19.7 Å². The Morgan fingerprint density at radius 2 is 2.26 bits per heavy atom. The molecular weight excluding hydrogens is 256 g/mol. The van der Waals surface area contributed by atoms with Crippen LogP contribution in [0.1, 0.15) is 10.5 Å². The summed E-state index contributed by atoms with van der Waals surface area (Å²) < 4.78 is 1.04. The molecule has 98 valence electrons. The lowest BCUT2D eigenvalue weighted by molar-refractivity contribution is -0.385. The maximum Gasteiger partial charge on any atom is 0.332 e. The Balaban J connectivity index is 2.57. The van der Waals surface area contributed by atoms with Crippen LogP contribution in [0.5, 0.6) is 0 Å². The molecule has 0 aliphatic carbocycles. The number of amides is 1. The standard InChI is InChI=1S/C8H8N8O3/c9-6(17)4-1-2-15(14-4)7-5(16(18)19)3-11-8(12-7)13-10/h1-3H,10H2,(H2,9,17)(H,11,12,13). The number of hydrogen-bond donors (Lipinski definition) is 3. The Bertz CT molecular complexity index is 651. The number of hydrazine groups is 1. The van der Waals surface area contributed by atoms with Crippen molar-refractivity contribution in [3.8, 4) is 5.82 Å². The second kappa shape index (κ2) is 4.66. The van der Waals surface area contributed by atoms with Crippen LogP contribution in [0.3, 0.4) is 0 Å². The number of nitrogens with two attached hydrogens (primary N) is 2. The van der Waals surface area contributed by atoms with Crippen LogP contribution in [-0.2, 0) is 0 Å². The molecule has 0 saturated heterocycles. The highest BCUT2D eigenvalue weighted by Gasteiger charge is 2.20. The van der Waals surface area contributed by atoms with Gasteiger partial charge in [-0.2, -0.15) is 10.1 Å². The molecule has 0 radical (unpaired) electrons. The SMILES string of the molecule is NNc1ncc([N+](=O)[O-])c(-n2ccc(C(N)=O)n2)n1. The van der Waals surface area contributed by atoms with Crippen LogP contribution in [0.4, 0.5) is 11.6 Å². The Morgan fingerprint density at radius 3 is 2.79 bits per heavy atom. The lowest BCUT2D eigenvalue weighted by Gasteiger charge is -2.03. The van der Waals surface area contributed by atoms with Crippen LogP contribution >= 0.6 is 0 Å². The number of carbonyl (C=O) groups is 1. The first kappa shape index (κ1) is 12.4. The summed E-state index contributed by atoms with van der Waals surface area (Å²) in [5.41, 5.74) is 6.76. The molecule has 0 atom stereocenters. The zero-order chi connectivity index (χ0) is 14.0. The van der Waals surface area contributed by atoms with Gasteiger partial charge in [-0.25, -0.2) is 15.5 Å². The van der Waals surface area contributed by atoms with Crippen molar-refractivity contribution < 1.29 is 9.72 Å². The number of nitrogen functional groups attached to an aromatic ring is 1. The van der Waals surface area contributed by atoms with E-state index in [4.69, 9.17) is 11.6 Å². The number of nitro groups is 1. The zero-order valence-electron chi connectivity index (χ0n) is 9.35. The van der Waals surface area contributed by atoms with Crippen molar-refractivity contribution in [2.24, 2.45) is 11.6 Å². The molecule has 0 saturated carbocycles. The van der Waals surface area contributed by atoms with E-state index in [2.05, 4.69) is 20.5 Å². The van der Waals surface area contributed by atoms with Gasteiger partial charge in [0.05, 0.1) is 4.92 Å². The van der Waals surface area contributed by atoms with E-state index in [1.54, 1.807) is 0 Å². The monoisotopic (exact) mass is 264 g/mol. The molecule has 19 heavy (non-hydrogen) atoms. The van der Waals surface area contributed by atoms with Gasteiger partial charge in [-0.3, -0.25) is 20.3 Å². The predicted octanol–water partition coefficient (Wildman–Crippen LogP) is -1.05. The normalized spacial score (nSPS) is 10.2. The Hall–Kier alpha value is -3.08. The summed E-state index contributed by atoms with van der Waals surface area (Å²) in [5, 5.41) is 14.7. The van der Waals surface area contributed by atoms with E-state index in [-0.39, 0.29) is 17.5 Å². The van der Waals surface area contributed by atoms with Crippen molar-refractivity contribution >= 4 is 17.5 Å². The number of nitrogens with zero attached hydrogens (tertiary/aromatic N) is 5.